The maximum absolute atomic E-state index is 13.0. The number of rotatable bonds is 10. The fourth-order valence-electron chi connectivity index (χ4n) is 3.29. The van der Waals surface area contributed by atoms with Crippen molar-refractivity contribution in [1.29, 1.82) is 0 Å². The van der Waals surface area contributed by atoms with E-state index < -0.39 is 0 Å². The number of carbonyl (C=O) groups excluding carboxylic acids is 1. The molecule has 1 aliphatic heterocycles. The van der Waals surface area contributed by atoms with Crippen molar-refractivity contribution >= 4 is 21.8 Å². The minimum Gasteiger partial charge on any atom is -0.493 e. The molecular formula is C22H26BrFN2O3. The lowest BCUT2D eigenvalue weighted by Crippen LogP contribution is -2.28. The molecule has 0 aromatic heterocycles. The molecule has 1 saturated heterocycles. The van der Waals surface area contributed by atoms with Crippen LogP contribution in [0.25, 0.3) is 0 Å². The molecule has 0 unspecified atom stereocenters. The number of hydrogen-bond donors (Lipinski definition) is 1. The summed E-state index contributed by atoms with van der Waals surface area (Å²) < 4.78 is 25.3. The third kappa shape index (κ3) is 6.18. The fraction of sp³-hybridized carbons (Fsp3) is 0.409. The van der Waals surface area contributed by atoms with Gasteiger partial charge >= 0.3 is 0 Å². The highest BCUT2D eigenvalue weighted by Crippen LogP contribution is 2.34. The molecule has 0 saturated carbocycles. The zero-order valence-electron chi connectivity index (χ0n) is 16.5. The zero-order chi connectivity index (χ0) is 20.6. The summed E-state index contributed by atoms with van der Waals surface area (Å²) in [5, 5.41) is 3.42. The van der Waals surface area contributed by atoms with Gasteiger partial charge in [0.05, 0.1) is 7.11 Å². The highest BCUT2D eigenvalue weighted by atomic mass is 79.9. The predicted octanol–water partition coefficient (Wildman–Crippen LogP) is 4.28. The van der Waals surface area contributed by atoms with Crippen LogP contribution >= 0.6 is 15.9 Å². The Kier molecular flexibility index (Phi) is 7.89. The second-order valence-corrected chi connectivity index (χ2v) is 7.88. The fourth-order valence-corrected chi connectivity index (χ4v) is 3.75. The Morgan fingerprint density at radius 2 is 2.00 bits per heavy atom. The van der Waals surface area contributed by atoms with Crippen LogP contribution in [0.3, 0.4) is 0 Å². The van der Waals surface area contributed by atoms with Crippen molar-refractivity contribution in [3.05, 3.63) is 57.8 Å². The lowest BCUT2D eigenvalue weighted by atomic mass is 10.2. The highest BCUT2D eigenvalue weighted by molar-refractivity contribution is 9.10. The van der Waals surface area contributed by atoms with E-state index in [1.807, 2.05) is 17.0 Å². The Labute approximate surface area is 179 Å². The molecule has 29 heavy (non-hydrogen) atoms. The summed E-state index contributed by atoms with van der Waals surface area (Å²) in [5.41, 5.74) is 1.94. The van der Waals surface area contributed by atoms with Crippen molar-refractivity contribution in [3.63, 3.8) is 0 Å². The summed E-state index contributed by atoms with van der Waals surface area (Å²) in [6.45, 7) is 3.55. The maximum Gasteiger partial charge on any atom is 0.222 e. The molecule has 1 N–H and O–H groups in total. The van der Waals surface area contributed by atoms with Crippen molar-refractivity contribution in [3.8, 4) is 11.5 Å². The van der Waals surface area contributed by atoms with E-state index in [1.165, 1.54) is 12.1 Å². The van der Waals surface area contributed by atoms with Crippen molar-refractivity contribution < 1.29 is 18.7 Å². The number of nitrogens with zero attached hydrogens (tertiary/aromatic N) is 1. The second-order valence-electron chi connectivity index (χ2n) is 7.02. The van der Waals surface area contributed by atoms with Crippen LogP contribution in [-0.4, -0.2) is 37.6 Å². The van der Waals surface area contributed by atoms with E-state index in [0.717, 1.165) is 48.1 Å². The van der Waals surface area contributed by atoms with E-state index in [4.69, 9.17) is 9.47 Å². The summed E-state index contributed by atoms with van der Waals surface area (Å²) in [4.78, 5) is 13.6. The van der Waals surface area contributed by atoms with Crippen molar-refractivity contribution in [2.45, 2.75) is 32.4 Å². The average Bonchev–Trinajstić information content (AvgIpc) is 3.13. The van der Waals surface area contributed by atoms with E-state index in [2.05, 4.69) is 21.2 Å². The van der Waals surface area contributed by atoms with E-state index >= 15 is 0 Å². The molecule has 1 amide bonds. The number of halogens is 2. The average molecular weight is 465 g/mol. The summed E-state index contributed by atoms with van der Waals surface area (Å²) in [5.74, 6) is 1.28. The first-order valence-electron chi connectivity index (χ1n) is 9.79. The monoisotopic (exact) mass is 464 g/mol. The van der Waals surface area contributed by atoms with Crippen LogP contribution in [0.15, 0.2) is 40.9 Å². The molecule has 1 aliphatic rings. The van der Waals surface area contributed by atoms with Gasteiger partial charge in [0.1, 0.15) is 12.4 Å². The summed E-state index contributed by atoms with van der Waals surface area (Å²) in [6, 6.07) is 10.1. The van der Waals surface area contributed by atoms with Gasteiger partial charge in [0.2, 0.25) is 5.91 Å². The number of nitrogens with one attached hydrogen (secondary N) is 1. The zero-order valence-corrected chi connectivity index (χ0v) is 18.1. The van der Waals surface area contributed by atoms with Crippen molar-refractivity contribution in [2.24, 2.45) is 0 Å². The summed E-state index contributed by atoms with van der Waals surface area (Å²) in [7, 11) is 1.61. The first-order valence-corrected chi connectivity index (χ1v) is 10.6. The van der Waals surface area contributed by atoms with Crippen LogP contribution in [0, 0.1) is 5.82 Å². The molecule has 1 fully saturated rings. The van der Waals surface area contributed by atoms with E-state index in [1.54, 1.807) is 19.2 Å². The number of methoxy groups -OCH3 is 1. The normalized spacial score (nSPS) is 13.8. The highest BCUT2D eigenvalue weighted by Gasteiger charge is 2.19. The van der Waals surface area contributed by atoms with Gasteiger partial charge < -0.3 is 19.7 Å². The van der Waals surface area contributed by atoms with Gasteiger partial charge in [-0.15, -0.1) is 0 Å². The number of carbonyl (C=O) groups is 1. The van der Waals surface area contributed by atoms with Crippen molar-refractivity contribution in [2.75, 3.05) is 26.7 Å². The SMILES string of the molecule is COc1cc(CNCCCN2CCCC2=O)c(Br)cc1OCc1ccc(F)cc1. The maximum atomic E-state index is 13.0. The van der Waals surface area contributed by atoms with Crippen LogP contribution in [0.4, 0.5) is 4.39 Å². The standard InChI is InChI=1S/C22H26BrFN2O3/c1-28-20-12-17(14-25-9-3-11-26-10-2-4-22(26)27)19(23)13-21(20)29-15-16-5-7-18(24)8-6-16/h5-8,12-13,25H,2-4,9-11,14-15H2,1H3. The summed E-state index contributed by atoms with van der Waals surface area (Å²) >= 11 is 3.60. The van der Waals surface area contributed by atoms with E-state index in [9.17, 15) is 9.18 Å². The van der Waals surface area contributed by atoms with Crippen LogP contribution in [0.5, 0.6) is 11.5 Å². The molecule has 156 valence electrons. The van der Waals surface area contributed by atoms with Gasteiger partial charge in [-0.3, -0.25) is 4.79 Å². The van der Waals surface area contributed by atoms with Gasteiger partial charge in [0.25, 0.3) is 0 Å². The van der Waals surface area contributed by atoms with Gasteiger partial charge in [-0.2, -0.15) is 0 Å². The third-order valence-electron chi connectivity index (χ3n) is 4.91. The first-order chi connectivity index (χ1) is 14.1. The molecule has 0 atom stereocenters. The van der Waals surface area contributed by atoms with Crippen LogP contribution in [-0.2, 0) is 17.9 Å². The minimum absolute atomic E-state index is 0.266. The molecule has 2 aromatic carbocycles. The van der Waals surface area contributed by atoms with E-state index in [0.29, 0.717) is 31.1 Å². The Hall–Kier alpha value is -2.12. The number of benzene rings is 2. The number of hydrogen-bond acceptors (Lipinski definition) is 4. The minimum atomic E-state index is -0.266. The Balaban J connectivity index is 1.50. The van der Waals surface area contributed by atoms with Crippen molar-refractivity contribution in [1.82, 2.24) is 10.2 Å². The quantitative estimate of drug-likeness (QED) is 0.533. The van der Waals surface area contributed by atoms with Crippen LogP contribution in [0.1, 0.15) is 30.4 Å². The first kappa shape index (κ1) is 21.6. The topological polar surface area (TPSA) is 50.8 Å². The summed E-state index contributed by atoms with van der Waals surface area (Å²) in [6.07, 6.45) is 2.60. The lowest BCUT2D eigenvalue weighted by Gasteiger charge is -2.16. The smallest absolute Gasteiger partial charge is 0.222 e. The van der Waals surface area contributed by atoms with Crippen LogP contribution in [0.2, 0.25) is 0 Å². The lowest BCUT2D eigenvalue weighted by molar-refractivity contribution is -0.127. The Morgan fingerprint density at radius 3 is 2.69 bits per heavy atom. The number of ether oxygens (including phenoxy) is 2. The molecule has 1 heterocycles. The van der Waals surface area contributed by atoms with Gasteiger partial charge in [-0.25, -0.2) is 4.39 Å². The van der Waals surface area contributed by atoms with Gasteiger partial charge in [0, 0.05) is 30.5 Å². The molecule has 0 radical (unpaired) electrons. The molecular weight excluding hydrogens is 439 g/mol. The third-order valence-corrected chi connectivity index (χ3v) is 5.65. The van der Waals surface area contributed by atoms with Gasteiger partial charge in [-0.05, 0) is 54.8 Å². The number of likely N-dealkylation sites (tertiary alicyclic amines) is 1. The Morgan fingerprint density at radius 1 is 1.21 bits per heavy atom. The molecule has 5 nitrogen and oxygen atoms in total. The van der Waals surface area contributed by atoms with Gasteiger partial charge in [-0.1, -0.05) is 28.1 Å². The van der Waals surface area contributed by atoms with Crippen LogP contribution < -0.4 is 14.8 Å². The molecule has 0 bridgehead atoms. The molecule has 0 spiro atoms. The predicted molar refractivity (Wildman–Crippen MR) is 114 cm³/mol. The van der Waals surface area contributed by atoms with E-state index in [-0.39, 0.29) is 11.7 Å². The Bertz CT molecular complexity index is 830. The molecule has 0 aliphatic carbocycles. The second kappa shape index (κ2) is 10.6. The molecule has 7 heteroatoms. The molecule has 3 rings (SSSR count). The van der Waals surface area contributed by atoms with Gasteiger partial charge in [0.15, 0.2) is 11.5 Å². The largest absolute Gasteiger partial charge is 0.493 e. The molecule has 2 aromatic rings. The number of amides is 1.